The SMILES string of the molecule is COc1cc(CN2CCN3CCC[C@@H]3[C@@H]2C)ccc1O. The van der Waals surface area contributed by atoms with Crippen LogP contribution >= 0.6 is 0 Å². The Kier molecular flexibility index (Phi) is 3.85. The molecular formula is C16H24N2O2. The lowest BCUT2D eigenvalue weighted by Gasteiger charge is -2.43. The lowest BCUT2D eigenvalue weighted by molar-refractivity contribution is 0.0470. The fourth-order valence-electron chi connectivity index (χ4n) is 3.66. The van der Waals surface area contributed by atoms with E-state index in [-0.39, 0.29) is 5.75 Å². The number of fused-ring (bicyclic) bond motifs is 1. The molecule has 20 heavy (non-hydrogen) atoms. The zero-order chi connectivity index (χ0) is 14.1. The van der Waals surface area contributed by atoms with E-state index in [1.165, 1.54) is 31.5 Å². The van der Waals surface area contributed by atoms with Gasteiger partial charge in [0.25, 0.3) is 0 Å². The van der Waals surface area contributed by atoms with Gasteiger partial charge in [0.1, 0.15) is 0 Å². The van der Waals surface area contributed by atoms with E-state index in [1.807, 2.05) is 12.1 Å². The number of hydrogen-bond acceptors (Lipinski definition) is 4. The fraction of sp³-hybridized carbons (Fsp3) is 0.625. The number of ether oxygens (including phenoxy) is 1. The highest BCUT2D eigenvalue weighted by molar-refractivity contribution is 5.41. The van der Waals surface area contributed by atoms with Crippen molar-refractivity contribution in [1.29, 1.82) is 0 Å². The molecule has 1 aromatic carbocycles. The molecule has 2 heterocycles. The first-order chi connectivity index (χ1) is 9.69. The summed E-state index contributed by atoms with van der Waals surface area (Å²) in [5, 5.41) is 9.67. The summed E-state index contributed by atoms with van der Waals surface area (Å²) in [6.45, 7) is 6.86. The van der Waals surface area contributed by atoms with Crippen LogP contribution in [0.15, 0.2) is 18.2 Å². The van der Waals surface area contributed by atoms with Crippen LogP contribution in [-0.2, 0) is 6.54 Å². The third-order valence-electron chi connectivity index (χ3n) is 4.85. The van der Waals surface area contributed by atoms with Crippen molar-refractivity contribution in [2.75, 3.05) is 26.7 Å². The summed E-state index contributed by atoms with van der Waals surface area (Å²) in [5.74, 6) is 0.777. The van der Waals surface area contributed by atoms with E-state index >= 15 is 0 Å². The van der Waals surface area contributed by atoms with Gasteiger partial charge in [-0.1, -0.05) is 6.07 Å². The van der Waals surface area contributed by atoms with Gasteiger partial charge >= 0.3 is 0 Å². The van der Waals surface area contributed by atoms with Gasteiger partial charge < -0.3 is 9.84 Å². The summed E-state index contributed by atoms with van der Waals surface area (Å²) in [4.78, 5) is 5.19. The molecule has 4 nitrogen and oxygen atoms in total. The van der Waals surface area contributed by atoms with Gasteiger partial charge in [-0.2, -0.15) is 0 Å². The molecule has 2 atom stereocenters. The highest BCUT2D eigenvalue weighted by Gasteiger charge is 2.36. The van der Waals surface area contributed by atoms with Gasteiger partial charge in [-0.3, -0.25) is 9.80 Å². The molecule has 1 N–H and O–H groups in total. The van der Waals surface area contributed by atoms with Gasteiger partial charge in [0.2, 0.25) is 0 Å². The van der Waals surface area contributed by atoms with Gasteiger partial charge in [0, 0.05) is 31.7 Å². The highest BCUT2D eigenvalue weighted by atomic mass is 16.5. The molecule has 0 aliphatic carbocycles. The van der Waals surface area contributed by atoms with E-state index in [0.717, 1.165) is 19.1 Å². The standard InChI is InChI=1S/C16H24N2O2/c1-12-14-4-3-7-17(14)8-9-18(12)11-13-5-6-15(19)16(10-13)20-2/h5-6,10,12,14,19H,3-4,7-9,11H2,1-2H3/t12-,14+/m0/s1. The quantitative estimate of drug-likeness (QED) is 0.917. The van der Waals surface area contributed by atoms with Crippen LogP contribution in [0.3, 0.4) is 0 Å². The lowest BCUT2D eigenvalue weighted by Crippen LogP contribution is -2.55. The molecular weight excluding hydrogens is 252 g/mol. The number of piperazine rings is 1. The van der Waals surface area contributed by atoms with Crippen LogP contribution in [0.2, 0.25) is 0 Å². The van der Waals surface area contributed by atoms with E-state index < -0.39 is 0 Å². The predicted molar refractivity (Wildman–Crippen MR) is 79.1 cm³/mol. The summed E-state index contributed by atoms with van der Waals surface area (Å²) >= 11 is 0. The second-order valence-electron chi connectivity index (χ2n) is 5.96. The maximum atomic E-state index is 9.67. The molecule has 2 fully saturated rings. The first-order valence-corrected chi connectivity index (χ1v) is 7.53. The van der Waals surface area contributed by atoms with Gasteiger partial charge in [-0.25, -0.2) is 0 Å². The molecule has 4 heteroatoms. The van der Waals surface area contributed by atoms with Crippen molar-refractivity contribution in [2.45, 2.75) is 38.4 Å². The minimum Gasteiger partial charge on any atom is -0.504 e. The van der Waals surface area contributed by atoms with E-state index in [9.17, 15) is 5.11 Å². The largest absolute Gasteiger partial charge is 0.504 e. The Bertz CT molecular complexity index is 478. The Morgan fingerprint density at radius 3 is 2.95 bits per heavy atom. The van der Waals surface area contributed by atoms with Crippen molar-refractivity contribution in [3.63, 3.8) is 0 Å². The Labute approximate surface area is 120 Å². The molecule has 0 amide bonds. The summed E-state index contributed by atoms with van der Waals surface area (Å²) in [7, 11) is 1.60. The molecule has 0 bridgehead atoms. The Balaban J connectivity index is 1.71. The summed E-state index contributed by atoms with van der Waals surface area (Å²) in [5.41, 5.74) is 1.21. The highest BCUT2D eigenvalue weighted by Crippen LogP contribution is 2.30. The van der Waals surface area contributed by atoms with E-state index in [1.54, 1.807) is 13.2 Å². The van der Waals surface area contributed by atoms with Crippen molar-refractivity contribution in [3.05, 3.63) is 23.8 Å². The molecule has 0 unspecified atom stereocenters. The summed E-state index contributed by atoms with van der Waals surface area (Å²) < 4.78 is 5.19. The monoisotopic (exact) mass is 276 g/mol. The maximum Gasteiger partial charge on any atom is 0.160 e. The molecule has 0 saturated carbocycles. The number of phenols is 1. The number of nitrogens with zero attached hydrogens (tertiary/aromatic N) is 2. The predicted octanol–water partition coefficient (Wildman–Crippen LogP) is 2.07. The van der Waals surface area contributed by atoms with Crippen LogP contribution in [-0.4, -0.2) is 53.7 Å². The molecule has 0 spiro atoms. The van der Waals surface area contributed by atoms with Crippen LogP contribution in [0.4, 0.5) is 0 Å². The lowest BCUT2D eigenvalue weighted by atomic mass is 10.0. The normalized spacial score (nSPS) is 27.5. The van der Waals surface area contributed by atoms with Gasteiger partial charge in [-0.15, -0.1) is 0 Å². The molecule has 2 saturated heterocycles. The van der Waals surface area contributed by atoms with Gasteiger partial charge in [0.15, 0.2) is 11.5 Å². The van der Waals surface area contributed by atoms with E-state index in [0.29, 0.717) is 11.8 Å². The summed E-state index contributed by atoms with van der Waals surface area (Å²) in [6.07, 6.45) is 2.67. The molecule has 0 aromatic heterocycles. The molecule has 110 valence electrons. The minimum atomic E-state index is 0.213. The minimum absolute atomic E-state index is 0.213. The first-order valence-electron chi connectivity index (χ1n) is 7.53. The Morgan fingerprint density at radius 2 is 2.15 bits per heavy atom. The van der Waals surface area contributed by atoms with Gasteiger partial charge in [0.05, 0.1) is 7.11 Å². The first kappa shape index (κ1) is 13.7. The second kappa shape index (κ2) is 5.62. The zero-order valence-electron chi connectivity index (χ0n) is 12.4. The number of aromatic hydroxyl groups is 1. The zero-order valence-corrected chi connectivity index (χ0v) is 12.4. The summed E-state index contributed by atoms with van der Waals surface area (Å²) in [6, 6.07) is 6.99. The van der Waals surface area contributed by atoms with Gasteiger partial charge in [-0.05, 0) is 44.0 Å². The van der Waals surface area contributed by atoms with Crippen LogP contribution < -0.4 is 4.74 Å². The van der Waals surface area contributed by atoms with E-state index in [4.69, 9.17) is 4.74 Å². The number of phenolic OH excluding ortho intramolecular Hbond substituents is 1. The Morgan fingerprint density at radius 1 is 1.30 bits per heavy atom. The fourth-order valence-corrected chi connectivity index (χ4v) is 3.66. The van der Waals surface area contributed by atoms with Crippen LogP contribution in [0.5, 0.6) is 11.5 Å². The molecule has 1 aromatic rings. The van der Waals surface area contributed by atoms with Crippen molar-refractivity contribution in [2.24, 2.45) is 0 Å². The van der Waals surface area contributed by atoms with E-state index in [2.05, 4.69) is 16.7 Å². The van der Waals surface area contributed by atoms with Crippen LogP contribution in [0.25, 0.3) is 0 Å². The number of benzene rings is 1. The van der Waals surface area contributed by atoms with Crippen LogP contribution in [0.1, 0.15) is 25.3 Å². The maximum absolute atomic E-state index is 9.67. The number of hydrogen-bond donors (Lipinski definition) is 1. The van der Waals surface area contributed by atoms with Crippen molar-refractivity contribution >= 4 is 0 Å². The molecule has 2 aliphatic rings. The molecule has 3 rings (SSSR count). The van der Waals surface area contributed by atoms with Crippen molar-refractivity contribution in [1.82, 2.24) is 9.80 Å². The topological polar surface area (TPSA) is 35.9 Å². The number of methoxy groups -OCH3 is 1. The number of rotatable bonds is 3. The molecule has 0 radical (unpaired) electrons. The molecule has 2 aliphatic heterocycles. The Hall–Kier alpha value is -1.26. The average molecular weight is 276 g/mol. The van der Waals surface area contributed by atoms with Crippen LogP contribution in [0, 0.1) is 0 Å². The third kappa shape index (κ3) is 2.50. The third-order valence-corrected chi connectivity index (χ3v) is 4.85. The van der Waals surface area contributed by atoms with Crippen molar-refractivity contribution < 1.29 is 9.84 Å². The van der Waals surface area contributed by atoms with Crippen molar-refractivity contribution in [3.8, 4) is 11.5 Å². The smallest absolute Gasteiger partial charge is 0.160 e. The second-order valence-corrected chi connectivity index (χ2v) is 5.96. The average Bonchev–Trinajstić information content (AvgIpc) is 2.93.